The lowest BCUT2D eigenvalue weighted by atomic mass is 10.0. The normalized spacial score (nSPS) is 18.7. The van der Waals surface area contributed by atoms with Crippen LogP contribution in [0.4, 0.5) is 13.2 Å². The molecular formula is C20H19F3N2O2. The fourth-order valence-corrected chi connectivity index (χ4v) is 3.08. The maximum atomic E-state index is 13.1. The third-order valence-corrected chi connectivity index (χ3v) is 4.72. The van der Waals surface area contributed by atoms with Gasteiger partial charge in [0.2, 0.25) is 5.91 Å². The zero-order valence-corrected chi connectivity index (χ0v) is 14.6. The van der Waals surface area contributed by atoms with Gasteiger partial charge in [-0.05, 0) is 48.1 Å². The summed E-state index contributed by atoms with van der Waals surface area (Å²) in [4.78, 5) is 24.2. The number of aryl methyl sites for hydroxylation is 1. The summed E-state index contributed by atoms with van der Waals surface area (Å²) in [5.41, 5.74) is 5.50. The molecule has 0 aromatic heterocycles. The van der Waals surface area contributed by atoms with Crippen molar-refractivity contribution in [3.63, 3.8) is 0 Å². The lowest BCUT2D eigenvalue weighted by Crippen LogP contribution is -2.42. The number of hydrazine groups is 1. The lowest BCUT2D eigenvalue weighted by Gasteiger charge is -2.12. The van der Waals surface area contributed by atoms with Crippen molar-refractivity contribution in [1.29, 1.82) is 0 Å². The van der Waals surface area contributed by atoms with Crippen LogP contribution >= 0.6 is 0 Å². The molecule has 2 N–H and O–H groups in total. The standard InChI is InChI=1S/C20H19F3N2O2/c1-2-12-7-9-13(10-8-12)18(26)24-25-19(27)16-11-15(16)14-5-3-4-6-17(14)20(21,22)23/h3-10,15-16H,2,11H2,1H3,(H,24,26)(H,25,27). The molecule has 2 aromatic carbocycles. The van der Waals surface area contributed by atoms with E-state index >= 15 is 0 Å². The summed E-state index contributed by atoms with van der Waals surface area (Å²) >= 11 is 0. The highest BCUT2D eigenvalue weighted by Gasteiger charge is 2.47. The molecule has 2 amide bonds. The molecule has 1 aliphatic rings. The second-order valence-electron chi connectivity index (χ2n) is 6.53. The first-order valence-corrected chi connectivity index (χ1v) is 8.66. The van der Waals surface area contributed by atoms with Crippen LogP contribution in [0.5, 0.6) is 0 Å². The molecule has 0 aliphatic heterocycles. The Bertz CT molecular complexity index is 847. The van der Waals surface area contributed by atoms with E-state index in [-0.39, 0.29) is 5.56 Å². The molecule has 7 heteroatoms. The molecule has 142 valence electrons. The molecule has 2 atom stereocenters. The Kier molecular flexibility index (Phi) is 5.21. The van der Waals surface area contributed by atoms with E-state index in [0.29, 0.717) is 12.0 Å². The number of rotatable bonds is 4. The van der Waals surface area contributed by atoms with Crippen LogP contribution in [-0.2, 0) is 17.4 Å². The molecule has 0 radical (unpaired) electrons. The van der Waals surface area contributed by atoms with E-state index < -0.39 is 35.4 Å². The molecule has 0 saturated heterocycles. The Morgan fingerprint density at radius 1 is 1.04 bits per heavy atom. The van der Waals surface area contributed by atoms with E-state index in [0.717, 1.165) is 18.1 Å². The summed E-state index contributed by atoms with van der Waals surface area (Å²) in [5, 5.41) is 0. The Labute approximate surface area is 154 Å². The van der Waals surface area contributed by atoms with Crippen LogP contribution in [0.25, 0.3) is 0 Å². The maximum absolute atomic E-state index is 13.1. The molecule has 3 rings (SSSR count). The number of nitrogens with one attached hydrogen (secondary N) is 2. The monoisotopic (exact) mass is 376 g/mol. The number of halogens is 3. The lowest BCUT2D eigenvalue weighted by molar-refractivity contribution is -0.138. The molecular weight excluding hydrogens is 357 g/mol. The van der Waals surface area contributed by atoms with Gasteiger partial charge in [0.25, 0.3) is 5.91 Å². The molecule has 0 bridgehead atoms. The largest absolute Gasteiger partial charge is 0.416 e. The summed E-state index contributed by atoms with van der Waals surface area (Å²) in [6, 6.07) is 12.2. The van der Waals surface area contributed by atoms with Gasteiger partial charge in [-0.3, -0.25) is 20.4 Å². The van der Waals surface area contributed by atoms with Crippen molar-refractivity contribution in [3.05, 3.63) is 70.8 Å². The average molecular weight is 376 g/mol. The van der Waals surface area contributed by atoms with Crippen molar-refractivity contribution in [2.45, 2.75) is 31.9 Å². The van der Waals surface area contributed by atoms with E-state index in [9.17, 15) is 22.8 Å². The topological polar surface area (TPSA) is 58.2 Å². The van der Waals surface area contributed by atoms with Gasteiger partial charge in [0.1, 0.15) is 0 Å². The van der Waals surface area contributed by atoms with Crippen LogP contribution < -0.4 is 10.9 Å². The molecule has 2 unspecified atom stereocenters. The molecule has 1 saturated carbocycles. The zero-order chi connectivity index (χ0) is 19.6. The van der Waals surface area contributed by atoms with Gasteiger partial charge in [-0.25, -0.2) is 0 Å². The van der Waals surface area contributed by atoms with Crippen LogP contribution in [0.3, 0.4) is 0 Å². The molecule has 2 aromatic rings. The number of carbonyl (C=O) groups is 2. The number of hydrogen-bond acceptors (Lipinski definition) is 2. The Hall–Kier alpha value is -2.83. The fraction of sp³-hybridized carbons (Fsp3) is 0.300. The van der Waals surface area contributed by atoms with Crippen molar-refractivity contribution in [3.8, 4) is 0 Å². The summed E-state index contributed by atoms with van der Waals surface area (Å²) < 4.78 is 39.3. The van der Waals surface area contributed by atoms with E-state index in [1.165, 1.54) is 18.2 Å². The van der Waals surface area contributed by atoms with Crippen LogP contribution in [0.2, 0.25) is 0 Å². The molecule has 0 spiro atoms. The van der Waals surface area contributed by atoms with Crippen molar-refractivity contribution >= 4 is 11.8 Å². The second-order valence-corrected chi connectivity index (χ2v) is 6.53. The SMILES string of the molecule is CCc1ccc(C(=O)NNC(=O)C2CC2c2ccccc2C(F)(F)F)cc1. The molecule has 27 heavy (non-hydrogen) atoms. The van der Waals surface area contributed by atoms with Gasteiger partial charge < -0.3 is 0 Å². The predicted octanol–water partition coefficient (Wildman–Crippen LogP) is 3.83. The third-order valence-electron chi connectivity index (χ3n) is 4.72. The fourth-order valence-electron chi connectivity index (χ4n) is 3.08. The Morgan fingerprint density at radius 2 is 1.70 bits per heavy atom. The van der Waals surface area contributed by atoms with Gasteiger partial charge in [0, 0.05) is 11.5 Å². The first kappa shape index (κ1) is 18.9. The highest BCUT2D eigenvalue weighted by molar-refractivity contribution is 5.96. The number of amides is 2. The number of alkyl halides is 3. The van der Waals surface area contributed by atoms with E-state index in [4.69, 9.17) is 0 Å². The zero-order valence-electron chi connectivity index (χ0n) is 14.6. The Balaban J connectivity index is 1.58. The molecule has 0 heterocycles. The predicted molar refractivity (Wildman–Crippen MR) is 93.7 cm³/mol. The summed E-state index contributed by atoms with van der Waals surface area (Å²) in [7, 11) is 0. The van der Waals surface area contributed by atoms with Gasteiger partial charge in [0.15, 0.2) is 0 Å². The highest BCUT2D eigenvalue weighted by Crippen LogP contribution is 2.50. The second kappa shape index (κ2) is 7.42. The molecule has 4 nitrogen and oxygen atoms in total. The van der Waals surface area contributed by atoms with Crippen LogP contribution in [0, 0.1) is 5.92 Å². The van der Waals surface area contributed by atoms with Gasteiger partial charge in [-0.1, -0.05) is 37.3 Å². The first-order chi connectivity index (χ1) is 12.8. The smallest absolute Gasteiger partial charge is 0.273 e. The average Bonchev–Trinajstić information content (AvgIpc) is 3.46. The van der Waals surface area contributed by atoms with Crippen molar-refractivity contribution < 1.29 is 22.8 Å². The van der Waals surface area contributed by atoms with Gasteiger partial charge >= 0.3 is 6.18 Å². The molecule has 1 aliphatic carbocycles. The van der Waals surface area contributed by atoms with Crippen molar-refractivity contribution in [2.75, 3.05) is 0 Å². The minimum absolute atomic E-state index is 0.117. The minimum Gasteiger partial charge on any atom is -0.273 e. The van der Waals surface area contributed by atoms with Crippen molar-refractivity contribution in [2.24, 2.45) is 5.92 Å². The van der Waals surface area contributed by atoms with Gasteiger partial charge in [-0.15, -0.1) is 0 Å². The van der Waals surface area contributed by atoms with E-state index in [1.54, 1.807) is 12.1 Å². The quantitative estimate of drug-likeness (QED) is 0.797. The van der Waals surface area contributed by atoms with Crippen LogP contribution in [0.15, 0.2) is 48.5 Å². The van der Waals surface area contributed by atoms with Gasteiger partial charge in [-0.2, -0.15) is 13.2 Å². The summed E-state index contributed by atoms with van der Waals surface area (Å²) in [6.07, 6.45) is -3.29. The van der Waals surface area contributed by atoms with E-state index in [2.05, 4.69) is 10.9 Å². The number of hydrogen-bond donors (Lipinski definition) is 2. The van der Waals surface area contributed by atoms with Crippen molar-refractivity contribution in [1.82, 2.24) is 10.9 Å². The van der Waals surface area contributed by atoms with Crippen LogP contribution in [0.1, 0.15) is 46.3 Å². The highest BCUT2D eigenvalue weighted by atomic mass is 19.4. The third kappa shape index (κ3) is 4.30. The van der Waals surface area contributed by atoms with Gasteiger partial charge in [0.05, 0.1) is 5.56 Å². The Morgan fingerprint density at radius 3 is 2.33 bits per heavy atom. The minimum atomic E-state index is -4.46. The first-order valence-electron chi connectivity index (χ1n) is 8.66. The van der Waals surface area contributed by atoms with E-state index in [1.807, 2.05) is 19.1 Å². The molecule has 1 fully saturated rings. The van der Waals surface area contributed by atoms with Crippen LogP contribution in [-0.4, -0.2) is 11.8 Å². The maximum Gasteiger partial charge on any atom is 0.416 e. The number of carbonyl (C=O) groups excluding carboxylic acids is 2. The number of benzene rings is 2. The summed E-state index contributed by atoms with van der Waals surface area (Å²) in [6.45, 7) is 2.00. The summed E-state index contributed by atoms with van der Waals surface area (Å²) in [5.74, 6) is -2.05.